The van der Waals surface area contributed by atoms with E-state index in [1.54, 1.807) is 12.1 Å². The number of rotatable bonds is 3. The number of pyridine rings is 1. The van der Waals surface area contributed by atoms with Gasteiger partial charge in [-0.25, -0.2) is 4.39 Å². The average Bonchev–Trinajstić information content (AvgIpc) is 2.47. The summed E-state index contributed by atoms with van der Waals surface area (Å²) >= 11 is 9.62. The molecule has 0 bridgehead atoms. The predicted molar refractivity (Wildman–Crippen MR) is 88.5 cm³/mol. The van der Waals surface area contributed by atoms with Crippen molar-refractivity contribution in [3.63, 3.8) is 0 Å². The molecule has 3 rings (SSSR count). The van der Waals surface area contributed by atoms with E-state index in [1.165, 1.54) is 6.07 Å². The molecule has 0 radical (unpaired) electrons. The molecule has 0 saturated carbocycles. The van der Waals surface area contributed by atoms with E-state index >= 15 is 0 Å². The Morgan fingerprint density at radius 2 is 1.86 bits per heavy atom. The van der Waals surface area contributed by atoms with Crippen molar-refractivity contribution >= 4 is 38.4 Å². The summed E-state index contributed by atoms with van der Waals surface area (Å²) in [6, 6.07) is 16.6. The minimum absolute atomic E-state index is 0.208. The second kappa shape index (κ2) is 6.12. The molecule has 0 aliphatic rings. The Bertz CT molecular complexity index is 770. The Balaban J connectivity index is 1.91. The highest BCUT2D eigenvalue weighted by atomic mass is 79.9. The number of benzene rings is 2. The van der Waals surface area contributed by atoms with E-state index in [2.05, 4.69) is 20.9 Å². The third-order valence-corrected chi connectivity index (χ3v) is 4.47. The zero-order valence-corrected chi connectivity index (χ0v) is 13.4. The van der Waals surface area contributed by atoms with Gasteiger partial charge in [0, 0.05) is 32.9 Å². The fraction of sp³-hybridized carbons (Fsp3) is 0.118. The lowest BCUT2D eigenvalue weighted by Gasteiger charge is -2.13. The van der Waals surface area contributed by atoms with Crippen LogP contribution in [0.5, 0.6) is 0 Å². The summed E-state index contributed by atoms with van der Waals surface area (Å²) in [5.41, 5.74) is 2.32. The van der Waals surface area contributed by atoms with Gasteiger partial charge in [-0.3, -0.25) is 4.98 Å². The van der Waals surface area contributed by atoms with Crippen LogP contribution in [0.3, 0.4) is 0 Å². The molecule has 0 N–H and O–H groups in total. The Morgan fingerprint density at radius 3 is 2.67 bits per heavy atom. The first-order chi connectivity index (χ1) is 10.1. The van der Waals surface area contributed by atoms with Crippen LogP contribution in [0.1, 0.15) is 16.1 Å². The lowest BCUT2D eigenvalue weighted by atomic mass is 10.1. The minimum Gasteiger partial charge on any atom is -0.253 e. The number of para-hydroxylation sites is 1. The Kier molecular flexibility index (Phi) is 4.22. The van der Waals surface area contributed by atoms with Crippen molar-refractivity contribution in [2.24, 2.45) is 0 Å². The summed E-state index contributed by atoms with van der Waals surface area (Å²) in [6.45, 7) is 0. The summed E-state index contributed by atoms with van der Waals surface area (Å²) in [5, 5.41) is 1.52. The lowest BCUT2D eigenvalue weighted by molar-refractivity contribution is 0.607. The number of fused-ring (bicyclic) bond motifs is 1. The highest BCUT2D eigenvalue weighted by Crippen LogP contribution is 2.34. The SMILES string of the molecule is Fc1cccc(Cl)c1C(Br)Cc1ccc2ccccc2n1. The van der Waals surface area contributed by atoms with Gasteiger partial charge in [0.25, 0.3) is 0 Å². The van der Waals surface area contributed by atoms with Gasteiger partial charge < -0.3 is 0 Å². The van der Waals surface area contributed by atoms with E-state index in [9.17, 15) is 4.39 Å². The van der Waals surface area contributed by atoms with Crippen LogP contribution < -0.4 is 0 Å². The molecule has 2 aromatic carbocycles. The minimum atomic E-state index is -0.301. The normalized spacial score (nSPS) is 12.5. The van der Waals surface area contributed by atoms with E-state index < -0.39 is 0 Å². The largest absolute Gasteiger partial charge is 0.253 e. The van der Waals surface area contributed by atoms with Crippen molar-refractivity contribution in [1.82, 2.24) is 4.98 Å². The molecule has 4 heteroatoms. The van der Waals surface area contributed by atoms with Gasteiger partial charge in [0.2, 0.25) is 0 Å². The van der Waals surface area contributed by atoms with Gasteiger partial charge in [0.1, 0.15) is 5.82 Å². The monoisotopic (exact) mass is 363 g/mol. The summed E-state index contributed by atoms with van der Waals surface area (Å²) in [4.78, 5) is 4.40. The van der Waals surface area contributed by atoms with E-state index in [0.29, 0.717) is 17.0 Å². The van der Waals surface area contributed by atoms with Gasteiger partial charge in [-0.05, 0) is 24.3 Å². The van der Waals surface area contributed by atoms with Gasteiger partial charge >= 0.3 is 0 Å². The number of nitrogens with zero attached hydrogens (tertiary/aromatic N) is 1. The maximum absolute atomic E-state index is 13.9. The highest BCUT2D eigenvalue weighted by molar-refractivity contribution is 9.09. The number of halogens is 3. The smallest absolute Gasteiger partial charge is 0.129 e. The third kappa shape index (κ3) is 3.09. The molecule has 1 heterocycles. The first-order valence-corrected chi connectivity index (χ1v) is 7.87. The van der Waals surface area contributed by atoms with Crippen molar-refractivity contribution in [1.29, 1.82) is 0 Å². The van der Waals surface area contributed by atoms with Crippen molar-refractivity contribution < 1.29 is 4.39 Å². The van der Waals surface area contributed by atoms with E-state index in [-0.39, 0.29) is 10.6 Å². The average molecular weight is 365 g/mol. The quantitative estimate of drug-likeness (QED) is 0.543. The van der Waals surface area contributed by atoms with Crippen molar-refractivity contribution in [3.8, 4) is 0 Å². The molecule has 3 aromatic rings. The standard InChI is InChI=1S/C17H12BrClFN/c18-13(17-14(19)5-3-6-15(17)20)10-12-9-8-11-4-1-2-7-16(11)21-12/h1-9,13H,10H2. The molecule has 21 heavy (non-hydrogen) atoms. The van der Waals surface area contributed by atoms with Crippen molar-refractivity contribution in [3.05, 3.63) is 76.7 Å². The first kappa shape index (κ1) is 14.5. The van der Waals surface area contributed by atoms with Gasteiger partial charge in [0.05, 0.1) is 5.52 Å². The van der Waals surface area contributed by atoms with E-state index in [0.717, 1.165) is 16.6 Å². The molecule has 0 aliphatic carbocycles. The molecule has 0 amide bonds. The van der Waals surface area contributed by atoms with Gasteiger partial charge in [0.15, 0.2) is 0 Å². The predicted octanol–water partition coefficient (Wildman–Crippen LogP) is 5.71. The molecule has 0 fully saturated rings. The maximum Gasteiger partial charge on any atom is 0.129 e. The Morgan fingerprint density at radius 1 is 1.05 bits per heavy atom. The summed E-state index contributed by atoms with van der Waals surface area (Å²) in [7, 11) is 0. The van der Waals surface area contributed by atoms with Crippen LogP contribution in [0.4, 0.5) is 4.39 Å². The fourth-order valence-electron chi connectivity index (χ4n) is 2.32. The molecule has 106 valence electrons. The topological polar surface area (TPSA) is 12.9 Å². The van der Waals surface area contributed by atoms with Crippen LogP contribution >= 0.6 is 27.5 Å². The molecule has 1 nitrogen and oxygen atoms in total. The van der Waals surface area contributed by atoms with Crippen molar-refractivity contribution in [2.45, 2.75) is 11.2 Å². The molecular weight excluding hydrogens is 353 g/mol. The Labute approximate surface area is 135 Å². The van der Waals surface area contributed by atoms with Gasteiger partial charge in [-0.15, -0.1) is 0 Å². The number of aromatic nitrogens is 1. The molecule has 1 atom stereocenters. The third-order valence-electron chi connectivity index (χ3n) is 3.36. The Hall–Kier alpha value is -1.45. The lowest BCUT2D eigenvalue weighted by Crippen LogP contribution is -2.01. The maximum atomic E-state index is 13.9. The van der Waals surface area contributed by atoms with Crippen LogP contribution in [0.15, 0.2) is 54.6 Å². The van der Waals surface area contributed by atoms with Gasteiger partial charge in [-0.2, -0.15) is 0 Å². The molecule has 0 saturated heterocycles. The number of hydrogen-bond acceptors (Lipinski definition) is 1. The van der Waals surface area contributed by atoms with E-state index in [1.807, 2.05) is 36.4 Å². The summed E-state index contributed by atoms with van der Waals surface area (Å²) in [5.74, 6) is -0.301. The van der Waals surface area contributed by atoms with E-state index in [4.69, 9.17) is 11.6 Å². The van der Waals surface area contributed by atoms with Crippen LogP contribution in [-0.2, 0) is 6.42 Å². The second-order valence-electron chi connectivity index (χ2n) is 4.80. The zero-order chi connectivity index (χ0) is 14.8. The zero-order valence-electron chi connectivity index (χ0n) is 11.1. The van der Waals surface area contributed by atoms with Crippen LogP contribution in [0.2, 0.25) is 5.02 Å². The second-order valence-corrected chi connectivity index (χ2v) is 6.31. The molecule has 0 spiro atoms. The number of alkyl halides is 1. The van der Waals surface area contributed by atoms with Gasteiger partial charge in [-0.1, -0.05) is 57.9 Å². The van der Waals surface area contributed by atoms with Crippen LogP contribution in [0, 0.1) is 5.82 Å². The molecule has 0 aliphatic heterocycles. The first-order valence-electron chi connectivity index (χ1n) is 6.58. The highest BCUT2D eigenvalue weighted by Gasteiger charge is 2.17. The van der Waals surface area contributed by atoms with Crippen molar-refractivity contribution in [2.75, 3.05) is 0 Å². The summed E-state index contributed by atoms with van der Waals surface area (Å²) < 4.78 is 13.9. The molecular formula is C17H12BrClFN. The summed E-state index contributed by atoms with van der Waals surface area (Å²) in [6.07, 6.45) is 0.575. The number of hydrogen-bond donors (Lipinski definition) is 0. The van der Waals surface area contributed by atoms with Crippen LogP contribution in [0.25, 0.3) is 10.9 Å². The molecule has 1 aromatic heterocycles. The van der Waals surface area contributed by atoms with Crippen LogP contribution in [-0.4, -0.2) is 4.98 Å². The molecule has 1 unspecified atom stereocenters. The fourth-order valence-corrected chi connectivity index (χ4v) is 3.54.